The highest BCUT2D eigenvalue weighted by Gasteiger charge is 2.38. The predicted octanol–water partition coefficient (Wildman–Crippen LogP) is 2.93. The van der Waals surface area contributed by atoms with Gasteiger partial charge in [-0.15, -0.1) is 0 Å². The van der Waals surface area contributed by atoms with Crippen LogP contribution in [0, 0.1) is 0 Å². The summed E-state index contributed by atoms with van der Waals surface area (Å²) in [5.41, 5.74) is -4.32. The Hall–Kier alpha value is -1.60. The van der Waals surface area contributed by atoms with E-state index in [2.05, 4.69) is 4.98 Å². The highest BCUT2D eigenvalue weighted by atomic mass is 19.4. The van der Waals surface area contributed by atoms with Crippen molar-refractivity contribution in [3.63, 3.8) is 0 Å². The zero-order valence-corrected chi connectivity index (χ0v) is 7.36. The Bertz CT molecular complexity index is 408. The molecule has 0 bridgehead atoms. The van der Waals surface area contributed by atoms with Gasteiger partial charge in [0.15, 0.2) is 6.29 Å². The van der Waals surface area contributed by atoms with Gasteiger partial charge in [0.05, 0.1) is 11.1 Å². The van der Waals surface area contributed by atoms with E-state index in [4.69, 9.17) is 0 Å². The summed E-state index contributed by atoms with van der Waals surface area (Å²) >= 11 is 0. The molecule has 0 radical (unpaired) electrons. The molecule has 0 aliphatic heterocycles. The first-order valence-electron chi connectivity index (χ1n) is 3.76. The molecule has 0 unspecified atom stereocenters. The number of nitrogens with zero attached hydrogens (tertiary/aromatic N) is 1. The lowest BCUT2D eigenvalue weighted by molar-refractivity contribution is -0.143. The lowest BCUT2D eigenvalue weighted by Crippen LogP contribution is -2.14. The Kier molecular flexibility index (Phi) is 2.93. The Morgan fingerprint density at radius 2 is 1.62 bits per heavy atom. The normalized spacial score (nSPS) is 12.6. The van der Waals surface area contributed by atoms with Crippen molar-refractivity contribution in [1.29, 1.82) is 0 Å². The zero-order chi connectivity index (χ0) is 12.6. The summed E-state index contributed by atoms with van der Waals surface area (Å²) in [6, 6.07) is -0.142. The molecule has 0 aliphatic rings. The van der Waals surface area contributed by atoms with Crippen LogP contribution in [0.3, 0.4) is 0 Å². The molecule has 0 spiro atoms. The van der Waals surface area contributed by atoms with Crippen molar-refractivity contribution < 1.29 is 31.1 Å². The summed E-state index contributed by atoms with van der Waals surface area (Å²) in [4.78, 5) is 13.0. The fourth-order valence-corrected chi connectivity index (χ4v) is 0.951. The van der Waals surface area contributed by atoms with Crippen molar-refractivity contribution in [3.8, 4) is 0 Å². The summed E-state index contributed by atoms with van der Waals surface area (Å²) in [6.07, 6.45) is -10.1. The number of alkyl halides is 6. The molecule has 0 saturated heterocycles. The lowest BCUT2D eigenvalue weighted by atomic mass is 10.1. The van der Waals surface area contributed by atoms with Gasteiger partial charge in [0.2, 0.25) is 0 Å². The smallest absolute Gasteiger partial charge is 0.296 e. The van der Waals surface area contributed by atoms with Crippen molar-refractivity contribution >= 4 is 6.29 Å². The van der Waals surface area contributed by atoms with Crippen LogP contribution in [0.15, 0.2) is 12.3 Å². The molecule has 88 valence electrons. The van der Waals surface area contributed by atoms with E-state index in [1.54, 1.807) is 0 Å². The van der Waals surface area contributed by atoms with E-state index in [9.17, 15) is 31.1 Å². The number of aromatic nitrogens is 1. The molecular weight excluding hydrogens is 240 g/mol. The summed E-state index contributed by atoms with van der Waals surface area (Å²) in [7, 11) is 0. The van der Waals surface area contributed by atoms with Gasteiger partial charge >= 0.3 is 12.4 Å². The van der Waals surface area contributed by atoms with Crippen LogP contribution in [0.5, 0.6) is 0 Å². The van der Waals surface area contributed by atoms with Crippen LogP contribution in [0.4, 0.5) is 26.3 Å². The molecule has 2 nitrogen and oxygen atoms in total. The molecule has 0 N–H and O–H groups in total. The summed E-state index contributed by atoms with van der Waals surface area (Å²) in [6.45, 7) is 0. The van der Waals surface area contributed by atoms with E-state index in [0.29, 0.717) is 0 Å². The predicted molar refractivity (Wildman–Crippen MR) is 39.6 cm³/mol. The molecule has 0 atom stereocenters. The van der Waals surface area contributed by atoms with Gasteiger partial charge < -0.3 is 0 Å². The SMILES string of the molecule is O=Cc1ncc(C(F)(F)F)cc1C(F)(F)F. The average molecular weight is 243 g/mol. The molecular formula is C8H3F6NO. The van der Waals surface area contributed by atoms with E-state index in [1.165, 1.54) is 0 Å². The van der Waals surface area contributed by atoms with Gasteiger partial charge in [0.25, 0.3) is 0 Å². The maximum absolute atomic E-state index is 12.2. The number of hydrogen-bond acceptors (Lipinski definition) is 2. The van der Waals surface area contributed by atoms with E-state index in [0.717, 1.165) is 0 Å². The van der Waals surface area contributed by atoms with Crippen molar-refractivity contribution in [3.05, 3.63) is 29.1 Å². The van der Waals surface area contributed by atoms with Crippen LogP contribution in [0.1, 0.15) is 21.6 Å². The lowest BCUT2D eigenvalue weighted by Gasteiger charge is -2.12. The first kappa shape index (κ1) is 12.5. The molecule has 0 aliphatic carbocycles. The second-order valence-electron chi connectivity index (χ2n) is 2.77. The Morgan fingerprint density at radius 3 is 2.00 bits per heavy atom. The monoisotopic (exact) mass is 243 g/mol. The van der Waals surface area contributed by atoms with Gasteiger partial charge in [-0.1, -0.05) is 0 Å². The molecule has 0 saturated carbocycles. The van der Waals surface area contributed by atoms with Crippen LogP contribution in [-0.2, 0) is 12.4 Å². The number of halogens is 6. The van der Waals surface area contributed by atoms with Gasteiger partial charge in [-0.25, -0.2) is 0 Å². The molecule has 0 fully saturated rings. The molecule has 8 heteroatoms. The Morgan fingerprint density at radius 1 is 1.06 bits per heavy atom. The number of carbonyl (C=O) groups excluding carboxylic acids is 1. The number of carbonyl (C=O) groups is 1. The third-order valence-electron chi connectivity index (χ3n) is 1.66. The molecule has 1 aromatic rings. The number of hydrogen-bond donors (Lipinski definition) is 0. The molecule has 1 heterocycles. The summed E-state index contributed by atoms with van der Waals surface area (Å²) < 4.78 is 73.0. The second-order valence-corrected chi connectivity index (χ2v) is 2.77. The minimum absolute atomic E-state index is 0.142. The Labute approximate surface area is 84.9 Å². The fraction of sp³-hybridized carbons (Fsp3) is 0.250. The second kappa shape index (κ2) is 3.76. The van der Waals surface area contributed by atoms with Gasteiger partial charge in [0.1, 0.15) is 5.69 Å². The van der Waals surface area contributed by atoms with Crippen molar-refractivity contribution in [2.75, 3.05) is 0 Å². The number of pyridine rings is 1. The van der Waals surface area contributed by atoms with Gasteiger partial charge in [-0.05, 0) is 6.07 Å². The van der Waals surface area contributed by atoms with Crippen molar-refractivity contribution in [2.24, 2.45) is 0 Å². The van der Waals surface area contributed by atoms with E-state index >= 15 is 0 Å². The molecule has 16 heavy (non-hydrogen) atoms. The van der Waals surface area contributed by atoms with Crippen LogP contribution in [-0.4, -0.2) is 11.3 Å². The third kappa shape index (κ3) is 2.50. The van der Waals surface area contributed by atoms with Crippen LogP contribution < -0.4 is 0 Å². The maximum Gasteiger partial charge on any atom is 0.418 e. The summed E-state index contributed by atoms with van der Waals surface area (Å²) in [5, 5.41) is 0. The van der Waals surface area contributed by atoms with Crippen LogP contribution in [0.25, 0.3) is 0 Å². The van der Waals surface area contributed by atoms with Crippen molar-refractivity contribution in [1.82, 2.24) is 4.98 Å². The molecule has 1 rings (SSSR count). The number of rotatable bonds is 1. The Balaban J connectivity index is 3.39. The van der Waals surface area contributed by atoms with Crippen molar-refractivity contribution in [2.45, 2.75) is 12.4 Å². The largest absolute Gasteiger partial charge is 0.418 e. The standard InChI is InChI=1S/C8H3F6NO/c9-7(10,11)4-1-5(8(12,13)14)6(3-16)15-2-4/h1-3H. The number of aldehydes is 1. The van der Waals surface area contributed by atoms with Gasteiger partial charge in [-0.2, -0.15) is 26.3 Å². The topological polar surface area (TPSA) is 30.0 Å². The highest BCUT2D eigenvalue weighted by molar-refractivity contribution is 5.74. The fourth-order valence-electron chi connectivity index (χ4n) is 0.951. The van der Waals surface area contributed by atoms with Crippen LogP contribution >= 0.6 is 0 Å². The van der Waals surface area contributed by atoms with E-state index in [1.807, 2.05) is 0 Å². The van der Waals surface area contributed by atoms with Crippen LogP contribution in [0.2, 0.25) is 0 Å². The van der Waals surface area contributed by atoms with E-state index in [-0.39, 0.29) is 18.5 Å². The zero-order valence-electron chi connectivity index (χ0n) is 7.36. The minimum Gasteiger partial charge on any atom is -0.296 e. The molecule has 1 aromatic heterocycles. The minimum atomic E-state index is -5.05. The highest BCUT2D eigenvalue weighted by Crippen LogP contribution is 2.35. The quantitative estimate of drug-likeness (QED) is 0.560. The van der Waals surface area contributed by atoms with E-state index < -0.39 is 29.2 Å². The first-order chi connectivity index (χ1) is 7.16. The third-order valence-corrected chi connectivity index (χ3v) is 1.66. The maximum atomic E-state index is 12.2. The first-order valence-corrected chi connectivity index (χ1v) is 3.76. The van der Waals surface area contributed by atoms with Gasteiger partial charge in [0, 0.05) is 6.20 Å². The molecule has 0 aromatic carbocycles. The average Bonchev–Trinajstić information content (AvgIpc) is 2.14. The van der Waals surface area contributed by atoms with Gasteiger partial charge in [-0.3, -0.25) is 9.78 Å². The molecule has 0 amide bonds. The summed E-state index contributed by atoms with van der Waals surface area (Å²) in [5.74, 6) is 0.